The van der Waals surface area contributed by atoms with Gasteiger partial charge in [-0.3, -0.25) is 4.79 Å². The van der Waals surface area contributed by atoms with Crippen molar-refractivity contribution in [2.75, 3.05) is 25.0 Å². The lowest BCUT2D eigenvalue weighted by atomic mass is 10.1. The van der Waals surface area contributed by atoms with Crippen LogP contribution < -0.4 is 10.1 Å². The molecule has 0 aliphatic carbocycles. The van der Waals surface area contributed by atoms with Crippen LogP contribution in [0.4, 0.5) is 5.69 Å². The van der Waals surface area contributed by atoms with Gasteiger partial charge >= 0.3 is 0 Å². The van der Waals surface area contributed by atoms with Crippen molar-refractivity contribution >= 4 is 32.4 Å². The SMILES string of the molecule is O=C(COc1ccc(S(=O)(=O)N2CCCCC2)cc1)Nc1cccc2ccccc12. The highest BCUT2D eigenvalue weighted by atomic mass is 32.2. The fourth-order valence-electron chi connectivity index (χ4n) is 3.63. The minimum absolute atomic E-state index is 0.165. The van der Waals surface area contributed by atoms with E-state index in [2.05, 4.69) is 5.32 Å². The lowest BCUT2D eigenvalue weighted by Gasteiger charge is -2.25. The van der Waals surface area contributed by atoms with Gasteiger partial charge in [0.05, 0.1) is 4.90 Å². The highest BCUT2D eigenvalue weighted by Gasteiger charge is 2.25. The third-order valence-electron chi connectivity index (χ3n) is 5.21. The first-order chi connectivity index (χ1) is 14.5. The van der Waals surface area contributed by atoms with Gasteiger partial charge in [0.25, 0.3) is 5.91 Å². The van der Waals surface area contributed by atoms with E-state index in [4.69, 9.17) is 4.74 Å². The van der Waals surface area contributed by atoms with E-state index in [-0.39, 0.29) is 17.4 Å². The van der Waals surface area contributed by atoms with E-state index in [0.29, 0.717) is 18.8 Å². The van der Waals surface area contributed by atoms with Crippen LogP contribution in [0.3, 0.4) is 0 Å². The summed E-state index contributed by atoms with van der Waals surface area (Å²) in [7, 11) is -3.47. The largest absolute Gasteiger partial charge is 0.484 e. The second kappa shape index (κ2) is 8.85. The molecular formula is C23H24N2O4S. The van der Waals surface area contributed by atoms with Crippen molar-refractivity contribution in [1.82, 2.24) is 4.31 Å². The Morgan fingerprint density at radius 2 is 1.60 bits per heavy atom. The van der Waals surface area contributed by atoms with Gasteiger partial charge in [-0.05, 0) is 48.6 Å². The molecule has 30 heavy (non-hydrogen) atoms. The lowest BCUT2D eigenvalue weighted by Crippen LogP contribution is -2.35. The molecule has 0 radical (unpaired) electrons. The molecule has 1 amide bonds. The summed E-state index contributed by atoms with van der Waals surface area (Å²) in [6.45, 7) is 0.964. The van der Waals surface area contributed by atoms with Crippen molar-refractivity contribution in [2.45, 2.75) is 24.2 Å². The van der Waals surface area contributed by atoms with E-state index >= 15 is 0 Å². The Morgan fingerprint density at radius 3 is 2.37 bits per heavy atom. The summed E-state index contributed by atoms with van der Waals surface area (Å²) in [4.78, 5) is 12.6. The number of rotatable bonds is 6. The monoisotopic (exact) mass is 424 g/mol. The minimum atomic E-state index is -3.47. The quantitative estimate of drug-likeness (QED) is 0.648. The predicted molar refractivity (Wildman–Crippen MR) is 117 cm³/mol. The molecular weight excluding hydrogens is 400 g/mol. The molecule has 7 heteroatoms. The van der Waals surface area contributed by atoms with Gasteiger partial charge in [0, 0.05) is 24.2 Å². The molecule has 0 atom stereocenters. The van der Waals surface area contributed by atoms with Crippen molar-refractivity contribution in [1.29, 1.82) is 0 Å². The van der Waals surface area contributed by atoms with Gasteiger partial charge in [0.2, 0.25) is 10.0 Å². The number of nitrogens with one attached hydrogen (secondary N) is 1. The maximum atomic E-state index is 12.7. The first kappa shape index (κ1) is 20.4. The highest BCUT2D eigenvalue weighted by molar-refractivity contribution is 7.89. The van der Waals surface area contributed by atoms with Crippen LogP contribution in [0.1, 0.15) is 19.3 Å². The summed E-state index contributed by atoms with van der Waals surface area (Å²) < 4.78 is 32.5. The lowest BCUT2D eigenvalue weighted by molar-refractivity contribution is -0.118. The van der Waals surface area contributed by atoms with Crippen molar-refractivity contribution in [3.63, 3.8) is 0 Å². The molecule has 0 unspecified atom stereocenters. The van der Waals surface area contributed by atoms with Crippen LogP contribution in [-0.2, 0) is 14.8 Å². The van der Waals surface area contributed by atoms with E-state index in [1.54, 1.807) is 12.1 Å². The number of ether oxygens (including phenoxy) is 1. The summed E-state index contributed by atoms with van der Waals surface area (Å²) in [6.07, 6.45) is 2.86. The van der Waals surface area contributed by atoms with E-state index in [0.717, 1.165) is 35.7 Å². The summed E-state index contributed by atoms with van der Waals surface area (Å²) >= 11 is 0. The second-order valence-electron chi connectivity index (χ2n) is 7.30. The molecule has 1 aliphatic heterocycles. The van der Waals surface area contributed by atoms with Crippen LogP contribution in [0, 0.1) is 0 Å². The van der Waals surface area contributed by atoms with Crippen LogP contribution >= 0.6 is 0 Å². The van der Waals surface area contributed by atoms with Gasteiger partial charge in [-0.2, -0.15) is 4.31 Å². The van der Waals surface area contributed by atoms with Gasteiger partial charge in [-0.25, -0.2) is 8.42 Å². The number of amides is 1. The Morgan fingerprint density at radius 1 is 0.900 bits per heavy atom. The first-order valence-electron chi connectivity index (χ1n) is 10.0. The number of anilines is 1. The molecule has 4 rings (SSSR count). The fourth-order valence-corrected chi connectivity index (χ4v) is 5.15. The normalized spacial score (nSPS) is 15.1. The molecule has 1 heterocycles. The van der Waals surface area contributed by atoms with Crippen LogP contribution in [0.15, 0.2) is 71.6 Å². The van der Waals surface area contributed by atoms with Gasteiger partial charge in [-0.15, -0.1) is 0 Å². The molecule has 0 saturated carbocycles. The smallest absolute Gasteiger partial charge is 0.262 e. The van der Waals surface area contributed by atoms with E-state index in [9.17, 15) is 13.2 Å². The van der Waals surface area contributed by atoms with Crippen molar-refractivity contribution in [3.05, 3.63) is 66.7 Å². The van der Waals surface area contributed by atoms with Crippen molar-refractivity contribution in [3.8, 4) is 5.75 Å². The summed E-state index contributed by atoms with van der Waals surface area (Å²) in [5.41, 5.74) is 0.727. The fraction of sp³-hybridized carbons (Fsp3) is 0.261. The molecule has 1 aliphatic rings. The van der Waals surface area contributed by atoms with Gasteiger partial charge in [0.1, 0.15) is 5.75 Å². The number of benzene rings is 3. The van der Waals surface area contributed by atoms with Crippen LogP contribution in [-0.4, -0.2) is 38.3 Å². The molecule has 3 aromatic carbocycles. The minimum Gasteiger partial charge on any atom is -0.484 e. The zero-order chi connectivity index (χ0) is 21.0. The van der Waals surface area contributed by atoms with E-state index in [1.165, 1.54) is 16.4 Å². The first-order valence-corrected chi connectivity index (χ1v) is 11.5. The molecule has 1 fully saturated rings. The molecule has 3 aromatic rings. The Hall–Kier alpha value is -2.90. The number of piperidine rings is 1. The van der Waals surface area contributed by atoms with Crippen molar-refractivity contribution in [2.24, 2.45) is 0 Å². The van der Waals surface area contributed by atoms with E-state index in [1.807, 2.05) is 42.5 Å². The average Bonchev–Trinajstić information content (AvgIpc) is 2.79. The molecule has 6 nitrogen and oxygen atoms in total. The number of sulfonamides is 1. The Labute approximate surface area is 176 Å². The number of carbonyl (C=O) groups is 1. The standard InChI is InChI=1S/C23H24N2O4S/c26-23(24-22-10-6-8-18-7-2-3-9-21(18)22)17-29-19-11-13-20(14-12-19)30(27,28)25-15-4-1-5-16-25/h2-3,6-14H,1,4-5,15-17H2,(H,24,26). The maximum Gasteiger partial charge on any atom is 0.262 e. The number of carbonyl (C=O) groups excluding carboxylic acids is 1. The third kappa shape index (κ3) is 4.47. The highest BCUT2D eigenvalue weighted by Crippen LogP contribution is 2.24. The third-order valence-corrected chi connectivity index (χ3v) is 7.12. The molecule has 0 bridgehead atoms. The molecule has 1 N–H and O–H groups in total. The summed E-state index contributed by atoms with van der Waals surface area (Å²) in [6, 6.07) is 19.8. The van der Waals surface area contributed by atoms with Crippen molar-refractivity contribution < 1.29 is 17.9 Å². The Balaban J connectivity index is 1.37. The average molecular weight is 425 g/mol. The predicted octanol–water partition coefficient (Wildman–Crippen LogP) is 4.03. The molecule has 156 valence electrons. The second-order valence-corrected chi connectivity index (χ2v) is 9.24. The Kier molecular flexibility index (Phi) is 6.01. The summed E-state index contributed by atoms with van der Waals surface area (Å²) in [5.74, 6) is 0.164. The Bertz CT molecular complexity index is 1130. The molecule has 1 saturated heterocycles. The van der Waals surface area contributed by atoms with Gasteiger partial charge in [0.15, 0.2) is 6.61 Å². The van der Waals surface area contributed by atoms with Crippen LogP contribution in [0.2, 0.25) is 0 Å². The van der Waals surface area contributed by atoms with Crippen LogP contribution in [0.5, 0.6) is 5.75 Å². The number of hydrogen-bond acceptors (Lipinski definition) is 4. The van der Waals surface area contributed by atoms with Crippen LogP contribution in [0.25, 0.3) is 10.8 Å². The topological polar surface area (TPSA) is 75.7 Å². The maximum absolute atomic E-state index is 12.7. The van der Waals surface area contributed by atoms with E-state index < -0.39 is 10.0 Å². The van der Waals surface area contributed by atoms with Gasteiger partial charge in [-0.1, -0.05) is 42.8 Å². The van der Waals surface area contributed by atoms with Gasteiger partial charge < -0.3 is 10.1 Å². The number of hydrogen-bond donors (Lipinski definition) is 1. The zero-order valence-corrected chi connectivity index (χ0v) is 17.4. The number of nitrogens with zero attached hydrogens (tertiary/aromatic N) is 1. The molecule has 0 aromatic heterocycles. The molecule has 0 spiro atoms. The number of fused-ring (bicyclic) bond motifs is 1. The zero-order valence-electron chi connectivity index (χ0n) is 16.6. The summed E-state index contributed by atoms with van der Waals surface area (Å²) in [5, 5.41) is 4.87.